The van der Waals surface area contributed by atoms with Crippen molar-refractivity contribution >= 4 is 21.5 Å². The van der Waals surface area contributed by atoms with E-state index in [9.17, 15) is 17.2 Å². The maximum atomic E-state index is 13.3. The van der Waals surface area contributed by atoms with Crippen LogP contribution in [0.25, 0.3) is 11.4 Å². The molecule has 0 spiro atoms. The molecular weight excluding hydrogens is 426 g/mol. The van der Waals surface area contributed by atoms with Gasteiger partial charge in [0, 0.05) is 24.4 Å². The fourth-order valence-corrected chi connectivity index (χ4v) is 3.78. The van der Waals surface area contributed by atoms with Gasteiger partial charge in [-0.25, -0.2) is 27.2 Å². The van der Waals surface area contributed by atoms with Crippen molar-refractivity contribution in [3.8, 4) is 11.4 Å². The number of aromatic amines is 1. The first kappa shape index (κ1) is 20.4. The van der Waals surface area contributed by atoms with Crippen molar-refractivity contribution in [2.45, 2.75) is 11.4 Å². The first-order valence-corrected chi connectivity index (χ1v) is 10.5. The molecule has 31 heavy (non-hydrogen) atoms. The molecule has 2 aromatic carbocycles. The summed E-state index contributed by atoms with van der Waals surface area (Å²) in [5.74, 6) is -1.09. The van der Waals surface area contributed by atoms with Crippen LogP contribution in [0.3, 0.4) is 0 Å². The molecule has 4 rings (SSSR count). The maximum Gasteiger partial charge on any atom is 0.263 e. The molecule has 0 aliphatic carbocycles. The second-order valence-corrected chi connectivity index (χ2v) is 8.18. The third kappa shape index (κ3) is 4.83. The van der Waals surface area contributed by atoms with E-state index >= 15 is 0 Å². The van der Waals surface area contributed by atoms with E-state index in [-0.39, 0.29) is 10.6 Å². The molecule has 0 aliphatic rings. The van der Waals surface area contributed by atoms with Gasteiger partial charge in [-0.2, -0.15) is 5.10 Å². The van der Waals surface area contributed by atoms with Crippen LogP contribution in [0, 0.1) is 11.6 Å². The Bertz CT molecular complexity index is 1300. The van der Waals surface area contributed by atoms with Crippen molar-refractivity contribution < 1.29 is 17.2 Å². The zero-order valence-electron chi connectivity index (χ0n) is 15.9. The van der Waals surface area contributed by atoms with E-state index in [0.717, 1.165) is 29.3 Å². The number of hydrogen-bond acceptors (Lipinski definition) is 6. The van der Waals surface area contributed by atoms with Gasteiger partial charge in [-0.05, 0) is 35.9 Å². The second-order valence-electron chi connectivity index (χ2n) is 6.50. The number of nitrogens with one attached hydrogen (secondary N) is 3. The minimum absolute atomic E-state index is 0.0901. The number of hydrogen-bond donors (Lipinski definition) is 3. The van der Waals surface area contributed by atoms with Crippen molar-refractivity contribution in [2.24, 2.45) is 0 Å². The standard InChI is InChI=1S/C20H16F2N6O2S/c21-17-6-4-15(9-18(17)22)28-31(29,30)16-5-7-19(24-11-16)23-10-13-2-1-3-14(8-13)20-25-12-26-27-20/h1-9,11-12,28H,10H2,(H,23,24)(H,25,26,27). The van der Waals surface area contributed by atoms with E-state index in [2.05, 4.69) is 30.2 Å². The molecule has 4 aromatic rings. The van der Waals surface area contributed by atoms with Gasteiger partial charge in [0.05, 0.1) is 5.69 Å². The number of benzene rings is 2. The Balaban J connectivity index is 1.42. The zero-order valence-corrected chi connectivity index (χ0v) is 16.7. The second kappa shape index (κ2) is 8.48. The molecule has 0 atom stereocenters. The number of sulfonamides is 1. The predicted molar refractivity (Wildman–Crippen MR) is 111 cm³/mol. The summed E-state index contributed by atoms with van der Waals surface area (Å²) in [6, 6.07) is 13.3. The molecular formula is C20H16F2N6O2S. The highest BCUT2D eigenvalue weighted by Crippen LogP contribution is 2.20. The number of pyridine rings is 1. The molecule has 0 saturated heterocycles. The van der Waals surface area contributed by atoms with E-state index in [1.165, 1.54) is 24.7 Å². The molecule has 158 valence electrons. The molecule has 2 aromatic heterocycles. The van der Waals surface area contributed by atoms with Gasteiger partial charge in [-0.1, -0.05) is 18.2 Å². The summed E-state index contributed by atoms with van der Waals surface area (Å²) in [5.41, 5.74) is 1.76. The first-order valence-electron chi connectivity index (χ1n) is 9.03. The molecule has 3 N–H and O–H groups in total. The van der Waals surface area contributed by atoms with Crippen molar-refractivity contribution in [3.05, 3.63) is 84.3 Å². The fourth-order valence-electron chi connectivity index (χ4n) is 2.78. The number of rotatable bonds is 7. The quantitative estimate of drug-likeness (QED) is 0.403. The predicted octanol–water partition coefficient (Wildman–Crippen LogP) is 3.56. The lowest BCUT2D eigenvalue weighted by Gasteiger charge is -2.10. The number of aromatic nitrogens is 4. The smallest absolute Gasteiger partial charge is 0.263 e. The zero-order chi connectivity index (χ0) is 21.8. The molecule has 0 bridgehead atoms. The Kier molecular flexibility index (Phi) is 5.58. The number of H-pyrrole nitrogens is 1. The number of anilines is 2. The summed E-state index contributed by atoms with van der Waals surface area (Å²) in [5, 5.41) is 9.75. The summed E-state index contributed by atoms with van der Waals surface area (Å²) in [6.07, 6.45) is 2.61. The Morgan fingerprint density at radius 2 is 1.84 bits per heavy atom. The molecule has 0 aliphatic heterocycles. The van der Waals surface area contributed by atoms with E-state index in [1.807, 2.05) is 24.3 Å². The van der Waals surface area contributed by atoms with Crippen LogP contribution >= 0.6 is 0 Å². The fraction of sp³-hybridized carbons (Fsp3) is 0.0500. The molecule has 0 radical (unpaired) electrons. The van der Waals surface area contributed by atoms with Crippen molar-refractivity contribution in [3.63, 3.8) is 0 Å². The Hall–Kier alpha value is -3.86. The minimum Gasteiger partial charge on any atom is -0.366 e. The molecule has 0 amide bonds. The number of nitrogens with zero attached hydrogens (tertiary/aromatic N) is 3. The summed E-state index contributed by atoms with van der Waals surface area (Å²) in [4.78, 5) is 8.11. The normalized spacial score (nSPS) is 11.3. The van der Waals surface area contributed by atoms with Crippen LogP contribution in [-0.2, 0) is 16.6 Å². The molecule has 2 heterocycles. The average molecular weight is 442 g/mol. The van der Waals surface area contributed by atoms with E-state index in [4.69, 9.17) is 0 Å². The first-order chi connectivity index (χ1) is 14.9. The molecule has 0 saturated carbocycles. The maximum absolute atomic E-state index is 13.3. The highest BCUT2D eigenvalue weighted by molar-refractivity contribution is 7.92. The van der Waals surface area contributed by atoms with Crippen LogP contribution in [-0.4, -0.2) is 28.6 Å². The molecule has 0 fully saturated rings. The van der Waals surface area contributed by atoms with Crippen molar-refractivity contribution in [1.29, 1.82) is 0 Å². The molecule has 0 unspecified atom stereocenters. The van der Waals surface area contributed by atoms with Gasteiger partial charge in [0.1, 0.15) is 17.0 Å². The van der Waals surface area contributed by atoms with Gasteiger partial charge in [0.2, 0.25) is 0 Å². The lowest BCUT2D eigenvalue weighted by molar-refractivity contribution is 0.509. The SMILES string of the molecule is O=S(=O)(Nc1ccc(F)c(F)c1)c1ccc(NCc2cccc(-c3ncn[nH]3)c2)nc1. The Morgan fingerprint density at radius 3 is 2.55 bits per heavy atom. The summed E-state index contributed by atoms with van der Waals surface area (Å²) in [7, 11) is -4.00. The highest BCUT2D eigenvalue weighted by Gasteiger charge is 2.16. The van der Waals surface area contributed by atoms with Crippen LogP contribution in [0.5, 0.6) is 0 Å². The monoisotopic (exact) mass is 442 g/mol. The van der Waals surface area contributed by atoms with Crippen LogP contribution in [0.4, 0.5) is 20.3 Å². The summed E-state index contributed by atoms with van der Waals surface area (Å²) in [6.45, 7) is 0.453. The van der Waals surface area contributed by atoms with Gasteiger partial charge in [-0.15, -0.1) is 0 Å². The van der Waals surface area contributed by atoms with Crippen LogP contribution in [0.1, 0.15) is 5.56 Å². The lowest BCUT2D eigenvalue weighted by atomic mass is 10.1. The topological polar surface area (TPSA) is 113 Å². The van der Waals surface area contributed by atoms with Crippen LogP contribution < -0.4 is 10.0 Å². The van der Waals surface area contributed by atoms with E-state index < -0.39 is 21.7 Å². The average Bonchev–Trinajstić information content (AvgIpc) is 3.30. The molecule has 11 heteroatoms. The van der Waals surface area contributed by atoms with Gasteiger partial charge in [-0.3, -0.25) is 9.82 Å². The Morgan fingerprint density at radius 1 is 0.968 bits per heavy atom. The van der Waals surface area contributed by atoms with Gasteiger partial charge >= 0.3 is 0 Å². The third-order valence-electron chi connectivity index (χ3n) is 4.31. The summed E-state index contributed by atoms with van der Waals surface area (Å²) < 4.78 is 53.4. The van der Waals surface area contributed by atoms with E-state index in [0.29, 0.717) is 18.2 Å². The number of halogens is 2. The van der Waals surface area contributed by atoms with E-state index in [1.54, 1.807) is 0 Å². The highest BCUT2D eigenvalue weighted by atomic mass is 32.2. The van der Waals surface area contributed by atoms with Gasteiger partial charge < -0.3 is 5.32 Å². The van der Waals surface area contributed by atoms with Gasteiger partial charge in [0.25, 0.3) is 10.0 Å². The van der Waals surface area contributed by atoms with Crippen LogP contribution in [0.15, 0.2) is 72.0 Å². The lowest BCUT2D eigenvalue weighted by Crippen LogP contribution is -2.13. The summed E-state index contributed by atoms with van der Waals surface area (Å²) >= 11 is 0. The molecule has 8 nitrogen and oxygen atoms in total. The third-order valence-corrected chi connectivity index (χ3v) is 5.67. The van der Waals surface area contributed by atoms with Gasteiger partial charge in [0.15, 0.2) is 17.5 Å². The largest absolute Gasteiger partial charge is 0.366 e. The minimum atomic E-state index is -4.00. The van der Waals surface area contributed by atoms with Crippen molar-refractivity contribution in [2.75, 3.05) is 10.0 Å². The van der Waals surface area contributed by atoms with Crippen molar-refractivity contribution in [1.82, 2.24) is 20.2 Å². The Labute approximate surface area is 176 Å². The van der Waals surface area contributed by atoms with Crippen LogP contribution in [0.2, 0.25) is 0 Å².